The molecule has 2 aliphatic rings. The topological polar surface area (TPSA) is 84.4 Å². The normalized spacial score (nSPS) is 24.6. The summed E-state index contributed by atoms with van der Waals surface area (Å²) in [4.78, 5) is 33.8. The van der Waals surface area contributed by atoms with Gasteiger partial charge in [0.25, 0.3) is 0 Å². The minimum atomic E-state index is 0.0299. The van der Waals surface area contributed by atoms with Gasteiger partial charge in [-0.05, 0) is 44.6 Å². The Bertz CT molecular complexity index is 579. The number of hydrogen-bond acceptors (Lipinski definition) is 5. The Morgan fingerprint density at radius 1 is 1.08 bits per heavy atom. The molecule has 0 unspecified atom stereocenters. The van der Waals surface area contributed by atoms with E-state index in [0.29, 0.717) is 19.1 Å². The van der Waals surface area contributed by atoms with Crippen molar-refractivity contribution in [2.45, 2.75) is 57.6 Å². The van der Waals surface area contributed by atoms with E-state index in [1.165, 1.54) is 0 Å². The van der Waals surface area contributed by atoms with Crippen molar-refractivity contribution in [2.75, 3.05) is 13.1 Å². The molecule has 136 valence electrons. The van der Waals surface area contributed by atoms with Crippen molar-refractivity contribution >= 4 is 11.8 Å². The van der Waals surface area contributed by atoms with Crippen molar-refractivity contribution in [2.24, 2.45) is 5.92 Å². The second-order valence-electron chi connectivity index (χ2n) is 6.91. The Hall–Kier alpha value is -2.18. The molecule has 1 aliphatic heterocycles. The average molecular weight is 346 g/mol. The molecule has 1 saturated carbocycles. The van der Waals surface area contributed by atoms with Gasteiger partial charge in [-0.2, -0.15) is 0 Å². The molecule has 1 aromatic rings. The minimum absolute atomic E-state index is 0.0299. The van der Waals surface area contributed by atoms with E-state index >= 15 is 0 Å². The van der Waals surface area contributed by atoms with Gasteiger partial charge in [0.15, 0.2) is 0 Å². The van der Waals surface area contributed by atoms with Crippen LogP contribution in [0.5, 0.6) is 6.01 Å². The van der Waals surface area contributed by atoms with Gasteiger partial charge in [-0.25, -0.2) is 9.97 Å². The molecule has 0 bridgehead atoms. The zero-order valence-corrected chi connectivity index (χ0v) is 14.7. The minimum Gasteiger partial charge on any atom is -0.460 e. The summed E-state index contributed by atoms with van der Waals surface area (Å²) in [5.41, 5.74) is 0. The maximum atomic E-state index is 12.4. The largest absolute Gasteiger partial charge is 0.460 e. The lowest BCUT2D eigenvalue weighted by Crippen LogP contribution is -2.46. The number of carbonyl (C=O) groups excluding carboxylic acids is 2. The summed E-state index contributed by atoms with van der Waals surface area (Å²) in [6, 6.07) is 2.40. The highest BCUT2D eigenvalue weighted by Crippen LogP contribution is 2.23. The summed E-state index contributed by atoms with van der Waals surface area (Å²) in [5, 5.41) is 3.19. The van der Waals surface area contributed by atoms with Gasteiger partial charge in [-0.15, -0.1) is 0 Å². The fourth-order valence-corrected chi connectivity index (χ4v) is 3.60. The Morgan fingerprint density at radius 2 is 1.72 bits per heavy atom. The number of piperidine rings is 1. The van der Waals surface area contributed by atoms with E-state index in [-0.39, 0.29) is 29.9 Å². The third-order valence-corrected chi connectivity index (χ3v) is 5.15. The maximum Gasteiger partial charge on any atom is 0.316 e. The highest BCUT2D eigenvalue weighted by atomic mass is 16.5. The highest BCUT2D eigenvalue weighted by molar-refractivity contribution is 5.79. The lowest BCUT2D eigenvalue weighted by Gasteiger charge is -2.33. The first-order valence-electron chi connectivity index (χ1n) is 9.11. The number of nitrogens with one attached hydrogen (secondary N) is 1. The smallest absolute Gasteiger partial charge is 0.316 e. The van der Waals surface area contributed by atoms with Crippen molar-refractivity contribution in [1.29, 1.82) is 0 Å². The summed E-state index contributed by atoms with van der Waals surface area (Å²) < 4.78 is 5.79. The van der Waals surface area contributed by atoms with Gasteiger partial charge >= 0.3 is 6.01 Å². The van der Waals surface area contributed by atoms with E-state index in [4.69, 9.17) is 4.74 Å². The van der Waals surface area contributed by atoms with Crippen LogP contribution in [0.3, 0.4) is 0 Å². The van der Waals surface area contributed by atoms with Crippen molar-refractivity contribution in [3.63, 3.8) is 0 Å². The van der Waals surface area contributed by atoms with Crippen molar-refractivity contribution < 1.29 is 14.3 Å². The molecule has 0 spiro atoms. The standard InChI is InChI=1S/C18H26N4O3/c1-13(23)22-11-7-14(8-12-22)17(24)21-15-3-5-16(6-4-15)25-18-19-9-2-10-20-18/h2,9-10,14-16H,3-8,11-12H2,1H3,(H,21,24). The zero-order valence-electron chi connectivity index (χ0n) is 14.7. The van der Waals surface area contributed by atoms with Crippen LogP contribution in [0.25, 0.3) is 0 Å². The number of hydrogen-bond donors (Lipinski definition) is 1. The molecular formula is C18H26N4O3. The van der Waals surface area contributed by atoms with Gasteiger partial charge in [0.05, 0.1) is 0 Å². The van der Waals surface area contributed by atoms with Crippen LogP contribution in [0.2, 0.25) is 0 Å². The van der Waals surface area contributed by atoms with Crippen LogP contribution in [0.1, 0.15) is 45.4 Å². The number of amides is 2. The fraction of sp³-hybridized carbons (Fsp3) is 0.667. The second kappa shape index (κ2) is 8.27. The quantitative estimate of drug-likeness (QED) is 0.894. The lowest BCUT2D eigenvalue weighted by molar-refractivity contribution is -0.134. The molecule has 0 radical (unpaired) electrons. The second-order valence-corrected chi connectivity index (χ2v) is 6.91. The van der Waals surface area contributed by atoms with Crippen LogP contribution in [0, 0.1) is 5.92 Å². The van der Waals surface area contributed by atoms with Crippen molar-refractivity contribution in [1.82, 2.24) is 20.2 Å². The summed E-state index contributed by atoms with van der Waals surface area (Å²) in [6.45, 7) is 2.96. The van der Waals surface area contributed by atoms with Crippen LogP contribution < -0.4 is 10.1 Å². The van der Waals surface area contributed by atoms with Gasteiger partial charge in [-0.3, -0.25) is 9.59 Å². The Kier molecular flexibility index (Phi) is 5.83. The molecule has 1 aliphatic carbocycles. The van der Waals surface area contributed by atoms with Gasteiger partial charge < -0.3 is 15.0 Å². The van der Waals surface area contributed by atoms with E-state index in [0.717, 1.165) is 38.5 Å². The van der Waals surface area contributed by atoms with E-state index in [9.17, 15) is 9.59 Å². The van der Waals surface area contributed by atoms with Crippen molar-refractivity contribution in [3.05, 3.63) is 18.5 Å². The first-order valence-corrected chi connectivity index (χ1v) is 9.11. The number of carbonyl (C=O) groups is 2. The summed E-state index contributed by atoms with van der Waals surface area (Å²) in [5.74, 6) is 0.265. The molecule has 1 saturated heterocycles. The molecule has 2 fully saturated rings. The first kappa shape index (κ1) is 17.6. The number of likely N-dealkylation sites (tertiary alicyclic amines) is 1. The Balaban J connectivity index is 1.39. The molecular weight excluding hydrogens is 320 g/mol. The monoisotopic (exact) mass is 346 g/mol. The third kappa shape index (κ3) is 4.90. The van der Waals surface area contributed by atoms with Crippen LogP contribution in [0.15, 0.2) is 18.5 Å². The predicted molar refractivity (Wildman–Crippen MR) is 91.8 cm³/mol. The van der Waals surface area contributed by atoms with E-state index in [2.05, 4.69) is 15.3 Å². The fourth-order valence-electron chi connectivity index (χ4n) is 3.60. The van der Waals surface area contributed by atoms with Gasteiger partial charge in [0.2, 0.25) is 11.8 Å². The number of nitrogens with zero attached hydrogens (tertiary/aromatic N) is 3. The molecule has 7 nitrogen and oxygen atoms in total. The van der Waals surface area contributed by atoms with Crippen LogP contribution >= 0.6 is 0 Å². The first-order chi connectivity index (χ1) is 12.1. The molecule has 2 heterocycles. The SMILES string of the molecule is CC(=O)N1CCC(C(=O)NC2CCC(Oc3ncccn3)CC2)CC1. The highest BCUT2D eigenvalue weighted by Gasteiger charge is 2.29. The third-order valence-electron chi connectivity index (χ3n) is 5.15. The Labute approximate surface area is 148 Å². The molecule has 2 amide bonds. The number of aromatic nitrogens is 2. The lowest BCUT2D eigenvalue weighted by atomic mass is 9.91. The molecule has 1 aromatic heterocycles. The van der Waals surface area contributed by atoms with Gasteiger partial charge in [0, 0.05) is 44.4 Å². The zero-order chi connectivity index (χ0) is 17.6. The summed E-state index contributed by atoms with van der Waals surface area (Å²) >= 11 is 0. The molecule has 3 rings (SSSR count). The molecule has 0 aromatic carbocycles. The van der Waals surface area contributed by atoms with Crippen LogP contribution in [-0.4, -0.2) is 51.9 Å². The van der Waals surface area contributed by atoms with Gasteiger partial charge in [-0.1, -0.05) is 0 Å². The van der Waals surface area contributed by atoms with Crippen LogP contribution in [0.4, 0.5) is 0 Å². The van der Waals surface area contributed by atoms with E-state index in [1.54, 1.807) is 25.4 Å². The average Bonchev–Trinajstić information content (AvgIpc) is 2.64. The summed E-state index contributed by atoms with van der Waals surface area (Å²) in [7, 11) is 0. The molecule has 7 heteroatoms. The molecule has 1 N–H and O–H groups in total. The predicted octanol–water partition coefficient (Wildman–Crippen LogP) is 1.54. The maximum absolute atomic E-state index is 12.4. The number of rotatable bonds is 4. The van der Waals surface area contributed by atoms with Crippen molar-refractivity contribution in [3.8, 4) is 6.01 Å². The Morgan fingerprint density at radius 3 is 2.32 bits per heavy atom. The molecule has 25 heavy (non-hydrogen) atoms. The van der Waals surface area contributed by atoms with E-state index in [1.807, 2.05) is 4.90 Å². The van der Waals surface area contributed by atoms with E-state index < -0.39 is 0 Å². The molecule has 0 atom stereocenters. The number of ether oxygens (including phenoxy) is 1. The summed E-state index contributed by atoms with van der Waals surface area (Å²) in [6.07, 6.45) is 8.60. The van der Waals surface area contributed by atoms with Crippen LogP contribution in [-0.2, 0) is 9.59 Å². The van der Waals surface area contributed by atoms with Gasteiger partial charge in [0.1, 0.15) is 6.10 Å².